The summed E-state index contributed by atoms with van der Waals surface area (Å²) in [5, 5.41) is 11.1. The first-order valence-electron chi connectivity index (χ1n) is 12.0. The number of sulfonamides is 1. The number of fused-ring (bicyclic) bond motifs is 2. The molecule has 184 valence electrons. The first-order valence-corrected chi connectivity index (χ1v) is 13.5. The van der Waals surface area contributed by atoms with E-state index in [1.807, 2.05) is 34.9 Å². The number of hydrogen-bond donors (Lipinski definition) is 1. The van der Waals surface area contributed by atoms with Gasteiger partial charge in [0.15, 0.2) is 11.5 Å². The maximum Gasteiger partial charge on any atom is 0.243 e. The number of nitrogens with zero attached hydrogens (tertiary/aromatic N) is 6. The molecule has 11 heteroatoms. The lowest BCUT2D eigenvalue weighted by Crippen LogP contribution is -2.27. The van der Waals surface area contributed by atoms with E-state index >= 15 is 0 Å². The molecular formula is C24H29N7O3S. The monoisotopic (exact) mass is 495 g/mol. The summed E-state index contributed by atoms with van der Waals surface area (Å²) in [7, 11) is -3.51. The zero-order valence-electron chi connectivity index (χ0n) is 19.7. The molecule has 0 unspecified atom stereocenters. The molecule has 1 aliphatic heterocycles. The average molecular weight is 496 g/mol. The number of hydrogen-bond acceptors (Lipinski definition) is 6. The van der Waals surface area contributed by atoms with E-state index in [1.165, 1.54) is 0 Å². The molecule has 0 saturated carbocycles. The highest BCUT2D eigenvalue weighted by Gasteiger charge is 2.28. The Morgan fingerprint density at radius 2 is 1.91 bits per heavy atom. The zero-order chi connectivity index (χ0) is 24.4. The molecule has 5 rings (SSSR count). The van der Waals surface area contributed by atoms with Gasteiger partial charge in [0.25, 0.3) is 0 Å². The van der Waals surface area contributed by atoms with Crippen LogP contribution in [-0.2, 0) is 34.3 Å². The second kappa shape index (κ2) is 9.74. The van der Waals surface area contributed by atoms with Crippen LogP contribution in [0.4, 0.5) is 0 Å². The molecule has 4 aromatic rings. The van der Waals surface area contributed by atoms with Gasteiger partial charge in [-0.1, -0.05) is 13.0 Å². The minimum atomic E-state index is -3.51. The van der Waals surface area contributed by atoms with Crippen molar-refractivity contribution in [3.05, 3.63) is 54.2 Å². The second-order valence-corrected chi connectivity index (χ2v) is 10.7. The fourth-order valence-electron chi connectivity index (χ4n) is 4.56. The highest BCUT2D eigenvalue weighted by atomic mass is 32.2. The van der Waals surface area contributed by atoms with Crippen LogP contribution in [0.1, 0.15) is 44.3 Å². The van der Waals surface area contributed by atoms with Crippen molar-refractivity contribution in [2.75, 3.05) is 13.1 Å². The summed E-state index contributed by atoms with van der Waals surface area (Å²) in [6, 6.07) is 10.8. The fraction of sp³-hybridized carbons (Fsp3) is 0.417. The molecule has 3 aromatic heterocycles. The van der Waals surface area contributed by atoms with Crippen molar-refractivity contribution in [1.82, 2.24) is 33.8 Å². The standard InChI is InChI=1S/C24H29N7O3S/c1-2-12-30-20-9-8-18(35(33,34)29-13-5-6-14-29)16-19(20)26-21(30)10-11-24(32)25-17-23-28-27-22-7-3-4-15-31(22)23/h3-4,7-9,15-16H,2,5-6,10-14,17H2,1H3,(H,25,32). The van der Waals surface area contributed by atoms with Crippen LogP contribution in [0.25, 0.3) is 16.7 Å². The van der Waals surface area contributed by atoms with E-state index < -0.39 is 10.0 Å². The Bertz CT molecular complexity index is 1470. The van der Waals surface area contributed by atoms with E-state index in [1.54, 1.807) is 16.4 Å². The molecule has 4 heterocycles. The number of rotatable bonds is 9. The first-order chi connectivity index (χ1) is 17.0. The van der Waals surface area contributed by atoms with Gasteiger partial charge < -0.3 is 9.88 Å². The molecule has 1 N–H and O–H groups in total. The normalized spacial score (nSPS) is 14.8. The minimum Gasteiger partial charge on any atom is -0.349 e. The van der Waals surface area contributed by atoms with Crippen LogP contribution in [0.2, 0.25) is 0 Å². The maximum atomic E-state index is 13.0. The van der Waals surface area contributed by atoms with Crippen molar-refractivity contribution in [2.45, 2.75) is 57.0 Å². The summed E-state index contributed by atoms with van der Waals surface area (Å²) < 4.78 is 31.4. The van der Waals surface area contributed by atoms with Crippen molar-refractivity contribution >= 4 is 32.6 Å². The van der Waals surface area contributed by atoms with E-state index in [2.05, 4.69) is 27.0 Å². The number of benzene rings is 1. The third-order valence-electron chi connectivity index (χ3n) is 6.35. The number of pyridine rings is 1. The summed E-state index contributed by atoms with van der Waals surface area (Å²) in [5.41, 5.74) is 2.26. The Hall–Kier alpha value is -3.31. The lowest BCUT2D eigenvalue weighted by molar-refractivity contribution is -0.121. The minimum absolute atomic E-state index is 0.106. The predicted molar refractivity (Wildman–Crippen MR) is 131 cm³/mol. The van der Waals surface area contributed by atoms with Gasteiger partial charge in [-0.25, -0.2) is 13.4 Å². The lowest BCUT2D eigenvalue weighted by atomic mass is 10.2. The third-order valence-corrected chi connectivity index (χ3v) is 8.25. The molecule has 1 fully saturated rings. The quantitative estimate of drug-likeness (QED) is 0.382. The van der Waals surface area contributed by atoms with Gasteiger partial charge in [0.2, 0.25) is 15.9 Å². The molecular weight excluding hydrogens is 466 g/mol. The number of imidazole rings is 1. The summed E-state index contributed by atoms with van der Waals surface area (Å²) in [4.78, 5) is 17.6. The van der Waals surface area contributed by atoms with Crippen molar-refractivity contribution in [1.29, 1.82) is 0 Å². The summed E-state index contributed by atoms with van der Waals surface area (Å²) in [6.45, 7) is 4.24. The largest absolute Gasteiger partial charge is 0.349 e. The molecule has 1 aliphatic rings. The Balaban J connectivity index is 1.30. The van der Waals surface area contributed by atoms with Gasteiger partial charge in [-0.2, -0.15) is 4.31 Å². The molecule has 35 heavy (non-hydrogen) atoms. The van der Waals surface area contributed by atoms with E-state index in [-0.39, 0.29) is 23.8 Å². The van der Waals surface area contributed by atoms with Crippen LogP contribution in [0.3, 0.4) is 0 Å². The van der Waals surface area contributed by atoms with E-state index in [4.69, 9.17) is 4.98 Å². The van der Waals surface area contributed by atoms with Crippen LogP contribution in [-0.4, -0.2) is 55.9 Å². The Labute approximate surface area is 204 Å². The smallest absolute Gasteiger partial charge is 0.243 e. The average Bonchev–Trinajstić information content (AvgIpc) is 3.61. The molecule has 10 nitrogen and oxygen atoms in total. The Kier molecular flexibility index (Phi) is 6.52. The van der Waals surface area contributed by atoms with Gasteiger partial charge >= 0.3 is 0 Å². The van der Waals surface area contributed by atoms with Crippen LogP contribution in [0.5, 0.6) is 0 Å². The third kappa shape index (κ3) is 4.65. The Morgan fingerprint density at radius 3 is 2.71 bits per heavy atom. The molecule has 1 amide bonds. The molecule has 0 radical (unpaired) electrons. The van der Waals surface area contributed by atoms with Gasteiger partial charge in [0.05, 0.1) is 22.5 Å². The molecule has 0 spiro atoms. The van der Waals surface area contributed by atoms with Gasteiger partial charge in [0, 0.05) is 38.7 Å². The topological polar surface area (TPSA) is 114 Å². The van der Waals surface area contributed by atoms with Gasteiger partial charge in [-0.05, 0) is 49.6 Å². The molecule has 1 aromatic carbocycles. The predicted octanol–water partition coefficient (Wildman–Crippen LogP) is 2.52. The van der Waals surface area contributed by atoms with Crippen molar-refractivity contribution in [2.24, 2.45) is 0 Å². The van der Waals surface area contributed by atoms with Gasteiger partial charge in [0.1, 0.15) is 5.82 Å². The lowest BCUT2D eigenvalue weighted by Gasteiger charge is -2.15. The number of carbonyl (C=O) groups is 1. The number of carbonyl (C=O) groups excluding carboxylic acids is 1. The molecule has 0 aliphatic carbocycles. The van der Waals surface area contributed by atoms with Crippen LogP contribution in [0, 0.1) is 0 Å². The maximum absolute atomic E-state index is 13.0. The summed E-state index contributed by atoms with van der Waals surface area (Å²) in [5.74, 6) is 1.34. The summed E-state index contributed by atoms with van der Waals surface area (Å²) >= 11 is 0. The molecule has 0 bridgehead atoms. The van der Waals surface area contributed by atoms with E-state index in [0.717, 1.165) is 42.8 Å². The SMILES string of the molecule is CCCn1c(CCC(=O)NCc2nnc3ccccn23)nc2cc(S(=O)(=O)N3CCCC3)ccc21. The number of aromatic nitrogens is 5. The molecule has 0 atom stereocenters. The van der Waals surface area contributed by atoms with E-state index in [9.17, 15) is 13.2 Å². The van der Waals surface area contributed by atoms with Crippen molar-refractivity contribution in [3.8, 4) is 0 Å². The zero-order valence-corrected chi connectivity index (χ0v) is 20.5. The van der Waals surface area contributed by atoms with Crippen molar-refractivity contribution in [3.63, 3.8) is 0 Å². The van der Waals surface area contributed by atoms with E-state index in [0.29, 0.717) is 30.9 Å². The van der Waals surface area contributed by atoms with Gasteiger partial charge in [-0.3, -0.25) is 9.20 Å². The number of aryl methyl sites for hydroxylation is 2. The summed E-state index contributed by atoms with van der Waals surface area (Å²) in [6.07, 6.45) is 5.27. The number of nitrogens with one attached hydrogen (secondary N) is 1. The van der Waals surface area contributed by atoms with Crippen LogP contribution >= 0.6 is 0 Å². The highest BCUT2D eigenvalue weighted by molar-refractivity contribution is 7.89. The second-order valence-electron chi connectivity index (χ2n) is 8.76. The van der Waals surface area contributed by atoms with Crippen molar-refractivity contribution < 1.29 is 13.2 Å². The number of amides is 1. The highest BCUT2D eigenvalue weighted by Crippen LogP contribution is 2.26. The van der Waals surface area contributed by atoms with Crippen LogP contribution in [0.15, 0.2) is 47.5 Å². The van der Waals surface area contributed by atoms with Crippen LogP contribution < -0.4 is 5.32 Å². The first kappa shape index (κ1) is 23.4. The molecule has 1 saturated heterocycles. The fourth-order valence-corrected chi connectivity index (χ4v) is 6.10. The Morgan fingerprint density at radius 1 is 1.09 bits per heavy atom. The van der Waals surface area contributed by atoms with Gasteiger partial charge in [-0.15, -0.1) is 10.2 Å².